The number of rotatable bonds is 11. The molecule has 1 atom stereocenters. The summed E-state index contributed by atoms with van der Waals surface area (Å²) >= 11 is 1.40. The average Bonchev–Trinajstić information content (AvgIpc) is 3.39. The second-order valence-electron chi connectivity index (χ2n) is 9.33. The number of nitrogens with one attached hydrogen (secondary N) is 1. The lowest BCUT2D eigenvalue weighted by Gasteiger charge is -2.31. The third-order valence-electron chi connectivity index (χ3n) is 5.21. The Morgan fingerprint density at radius 3 is 2.43 bits per heavy atom. The molecule has 0 aliphatic heterocycles. The lowest BCUT2D eigenvalue weighted by atomic mass is 9.96. The van der Waals surface area contributed by atoms with Gasteiger partial charge in [0, 0.05) is 30.5 Å². The number of anilines is 3. The quantitative estimate of drug-likeness (QED) is 0.465. The van der Waals surface area contributed by atoms with Crippen molar-refractivity contribution in [1.29, 1.82) is 0 Å². The van der Waals surface area contributed by atoms with Gasteiger partial charge in [0.15, 0.2) is 0 Å². The Kier molecular flexibility index (Phi) is 7.34. The molecule has 1 aliphatic carbocycles. The van der Waals surface area contributed by atoms with Gasteiger partial charge in [0.1, 0.15) is 5.82 Å². The van der Waals surface area contributed by atoms with Gasteiger partial charge in [-0.2, -0.15) is 4.37 Å². The number of aliphatic carboxylic acids is 1. The Bertz CT molecular complexity index is 851. The molecule has 1 aliphatic rings. The van der Waals surface area contributed by atoms with E-state index in [1.807, 2.05) is 6.92 Å². The molecule has 0 radical (unpaired) electrons. The zero-order valence-electron chi connectivity index (χ0n) is 18.7. The lowest BCUT2D eigenvalue weighted by Crippen LogP contribution is -2.31. The van der Waals surface area contributed by atoms with Crippen molar-refractivity contribution in [3.63, 3.8) is 0 Å². The molecule has 0 spiro atoms. The number of hydrogen-bond acceptors (Lipinski definition) is 6. The van der Waals surface area contributed by atoms with E-state index in [1.54, 1.807) is 0 Å². The summed E-state index contributed by atoms with van der Waals surface area (Å²) in [6.45, 7) is 12.8. The fourth-order valence-electron chi connectivity index (χ4n) is 3.68. The molecule has 6 nitrogen and oxygen atoms in total. The molecule has 1 aromatic carbocycles. The normalized spacial score (nSPS) is 14.9. The van der Waals surface area contributed by atoms with Crippen LogP contribution >= 0.6 is 11.5 Å². The Hall–Kier alpha value is -2.15. The summed E-state index contributed by atoms with van der Waals surface area (Å²) < 4.78 is 4.52. The topological polar surface area (TPSA) is 78.4 Å². The van der Waals surface area contributed by atoms with E-state index in [4.69, 9.17) is 4.98 Å². The van der Waals surface area contributed by atoms with Gasteiger partial charge in [0.25, 0.3) is 0 Å². The SMILES string of the molecule is CC(C)CN(CC(C)C)c1ccc(C(C)CC(=O)O)cc1Nc1nc(C2CC2)ns1. The van der Waals surface area contributed by atoms with Crippen LogP contribution < -0.4 is 10.2 Å². The molecule has 1 fully saturated rings. The van der Waals surface area contributed by atoms with E-state index < -0.39 is 5.97 Å². The van der Waals surface area contributed by atoms with Gasteiger partial charge in [0.05, 0.1) is 17.8 Å². The van der Waals surface area contributed by atoms with Gasteiger partial charge in [-0.25, -0.2) is 4.98 Å². The van der Waals surface area contributed by atoms with Crippen molar-refractivity contribution in [3.8, 4) is 0 Å². The molecule has 3 rings (SSSR count). The van der Waals surface area contributed by atoms with Crippen molar-refractivity contribution >= 4 is 34.0 Å². The molecule has 7 heteroatoms. The van der Waals surface area contributed by atoms with E-state index in [1.165, 1.54) is 24.4 Å². The van der Waals surface area contributed by atoms with Crippen LogP contribution in [0.3, 0.4) is 0 Å². The summed E-state index contributed by atoms with van der Waals surface area (Å²) in [4.78, 5) is 18.3. The smallest absolute Gasteiger partial charge is 0.303 e. The minimum atomic E-state index is -0.777. The zero-order valence-corrected chi connectivity index (χ0v) is 19.5. The van der Waals surface area contributed by atoms with Crippen LogP contribution in [0.5, 0.6) is 0 Å². The molecule has 164 valence electrons. The maximum Gasteiger partial charge on any atom is 0.303 e. The molecule has 0 amide bonds. The molecular formula is C23H34N4O2S. The van der Waals surface area contributed by atoms with Crippen molar-refractivity contribution in [1.82, 2.24) is 9.36 Å². The van der Waals surface area contributed by atoms with Crippen molar-refractivity contribution < 1.29 is 9.90 Å². The van der Waals surface area contributed by atoms with Crippen LogP contribution in [-0.2, 0) is 4.79 Å². The fourth-order valence-corrected chi connectivity index (χ4v) is 4.34. The average molecular weight is 431 g/mol. The van der Waals surface area contributed by atoms with Crippen molar-refractivity contribution in [2.45, 2.75) is 65.7 Å². The van der Waals surface area contributed by atoms with Gasteiger partial charge in [0.2, 0.25) is 5.13 Å². The third-order valence-corrected chi connectivity index (χ3v) is 5.85. The molecule has 1 unspecified atom stereocenters. The molecular weight excluding hydrogens is 396 g/mol. The van der Waals surface area contributed by atoms with E-state index in [0.717, 1.165) is 41.0 Å². The second-order valence-corrected chi connectivity index (χ2v) is 10.1. The van der Waals surface area contributed by atoms with Crippen molar-refractivity contribution in [3.05, 3.63) is 29.6 Å². The Balaban J connectivity index is 1.94. The highest BCUT2D eigenvalue weighted by atomic mass is 32.1. The number of hydrogen-bond donors (Lipinski definition) is 2. The van der Waals surface area contributed by atoms with Crippen LogP contribution in [0.2, 0.25) is 0 Å². The van der Waals surface area contributed by atoms with Gasteiger partial charge in [-0.3, -0.25) is 4.79 Å². The summed E-state index contributed by atoms with van der Waals surface area (Å²) in [6.07, 6.45) is 2.48. The number of aromatic nitrogens is 2. The molecule has 1 aromatic heterocycles. The summed E-state index contributed by atoms with van der Waals surface area (Å²) in [5, 5.41) is 13.5. The van der Waals surface area contributed by atoms with Gasteiger partial charge in [-0.15, -0.1) is 0 Å². The minimum absolute atomic E-state index is 0.0582. The molecule has 0 bridgehead atoms. The third kappa shape index (κ3) is 6.17. The van der Waals surface area contributed by atoms with Crippen molar-refractivity contribution in [2.75, 3.05) is 23.3 Å². The number of carbonyl (C=O) groups is 1. The maximum absolute atomic E-state index is 11.2. The van der Waals surface area contributed by atoms with Crippen LogP contribution in [0, 0.1) is 11.8 Å². The van der Waals surface area contributed by atoms with Crippen LogP contribution in [0.4, 0.5) is 16.5 Å². The van der Waals surface area contributed by atoms with E-state index in [-0.39, 0.29) is 12.3 Å². The molecule has 30 heavy (non-hydrogen) atoms. The summed E-state index contributed by atoms with van der Waals surface area (Å²) in [5.41, 5.74) is 3.13. The van der Waals surface area contributed by atoms with Crippen LogP contribution in [-0.4, -0.2) is 33.5 Å². The van der Waals surface area contributed by atoms with E-state index in [0.29, 0.717) is 17.8 Å². The predicted molar refractivity (Wildman–Crippen MR) is 124 cm³/mol. The molecule has 2 aromatic rings. The van der Waals surface area contributed by atoms with Gasteiger partial charge >= 0.3 is 5.97 Å². The second kappa shape index (κ2) is 9.77. The van der Waals surface area contributed by atoms with E-state index >= 15 is 0 Å². The number of carboxylic acid groups (broad SMARTS) is 1. The first-order valence-corrected chi connectivity index (χ1v) is 11.7. The molecule has 1 saturated carbocycles. The highest BCUT2D eigenvalue weighted by Gasteiger charge is 2.28. The monoisotopic (exact) mass is 430 g/mol. The maximum atomic E-state index is 11.2. The Morgan fingerprint density at radius 1 is 1.20 bits per heavy atom. The number of benzene rings is 1. The Morgan fingerprint density at radius 2 is 1.87 bits per heavy atom. The van der Waals surface area contributed by atoms with Gasteiger partial charge in [-0.1, -0.05) is 40.7 Å². The Labute approximate surface area is 183 Å². The van der Waals surface area contributed by atoms with Crippen LogP contribution in [0.1, 0.15) is 77.1 Å². The summed E-state index contributed by atoms with van der Waals surface area (Å²) in [7, 11) is 0. The standard InChI is InChI=1S/C23H34N4O2S/c1-14(2)12-27(13-15(3)4)20-9-8-18(16(5)10-21(28)29)11-19(20)24-23-25-22(26-30-23)17-6-7-17/h8-9,11,14-17H,6-7,10,12-13H2,1-5H3,(H,28,29)(H,24,25,26). The first-order valence-electron chi connectivity index (χ1n) is 10.9. The minimum Gasteiger partial charge on any atom is -0.481 e. The van der Waals surface area contributed by atoms with E-state index in [2.05, 4.69) is 60.5 Å². The molecule has 1 heterocycles. The lowest BCUT2D eigenvalue weighted by molar-refractivity contribution is -0.137. The molecule has 0 saturated heterocycles. The van der Waals surface area contributed by atoms with Gasteiger partial charge < -0.3 is 15.3 Å². The largest absolute Gasteiger partial charge is 0.481 e. The van der Waals surface area contributed by atoms with Crippen LogP contribution in [0.25, 0.3) is 0 Å². The van der Waals surface area contributed by atoms with Crippen molar-refractivity contribution in [2.24, 2.45) is 11.8 Å². The van der Waals surface area contributed by atoms with Crippen LogP contribution in [0.15, 0.2) is 18.2 Å². The zero-order chi connectivity index (χ0) is 21.8. The van der Waals surface area contributed by atoms with Gasteiger partial charge in [-0.05, 0) is 48.3 Å². The highest BCUT2D eigenvalue weighted by molar-refractivity contribution is 7.09. The predicted octanol–water partition coefficient (Wildman–Crippen LogP) is 5.86. The first-order chi connectivity index (χ1) is 14.2. The summed E-state index contributed by atoms with van der Waals surface area (Å²) in [5.74, 6) is 1.70. The number of carboxylic acids is 1. The highest BCUT2D eigenvalue weighted by Crippen LogP contribution is 2.40. The van der Waals surface area contributed by atoms with E-state index in [9.17, 15) is 9.90 Å². The summed E-state index contributed by atoms with van der Waals surface area (Å²) in [6, 6.07) is 6.29. The molecule has 2 N–H and O–H groups in total. The number of nitrogens with zero attached hydrogens (tertiary/aromatic N) is 3. The first kappa shape index (κ1) is 22.5. The fraction of sp³-hybridized carbons (Fsp3) is 0.609.